The number of nitrogens with one attached hydrogen (secondary N) is 1. The molecule has 0 radical (unpaired) electrons. The number of nitrogens with zero attached hydrogens (tertiary/aromatic N) is 2. The molecule has 7 nitrogen and oxygen atoms in total. The van der Waals surface area contributed by atoms with E-state index in [1.807, 2.05) is 29.2 Å². The number of likely N-dealkylation sites (tertiary alicyclic amines) is 1. The van der Waals surface area contributed by atoms with Gasteiger partial charge in [-0.2, -0.15) is 0 Å². The van der Waals surface area contributed by atoms with E-state index in [2.05, 4.69) is 36.2 Å². The molecule has 3 aliphatic heterocycles. The van der Waals surface area contributed by atoms with Gasteiger partial charge in [-0.3, -0.25) is 14.5 Å². The van der Waals surface area contributed by atoms with E-state index < -0.39 is 5.60 Å². The normalized spacial score (nSPS) is 30.4. The summed E-state index contributed by atoms with van der Waals surface area (Å²) in [6.07, 6.45) is 8.60. The first-order valence-corrected chi connectivity index (χ1v) is 12.3. The number of para-hydroxylation sites is 1. The van der Waals surface area contributed by atoms with Crippen molar-refractivity contribution in [3.63, 3.8) is 0 Å². The summed E-state index contributed by atoms with van der Waals surface area (Å²) >= 11 is 0. The summed E-state index contributed by atoms with van der Waals surface area (Å²) in [5.41, 5.74) is 0.128. The number of ether oxygens (including phenoxy) is 2. The van der Waals surface area contributed by atoms with E-state index >= 15 is 0 Å². The predicted molar refractivity (Wildman–Crippen MR) is 127 cm³/mol. The summed E-state index contributed by atoms with van der Waals surface area (Å²) in [5.74, 6) is 0.869. The fraction of sp³-hybridized carbons (Fsp3) is 0.615. The molecule has 0 aromatic heterocycles. The molecule has 2 amide bonds. The van der Waals surface area contributed by atoms with Crippen molar-refractivity contribution in [3.8, 4) is 5.75 Å². The number of carbonyl (C=O) groups excluding carboxylic acids is 2. The molecule has 2 fully saturated rings. The number of amides is 2. The Hall–Kier alpha value is -2.38. The topological polar surface area (TPSA) is 71.1 Å². The highest BCUT2D eigenvalue weighted by Gasteiger charge is 2.43. The van der Waals surface area contributed by atoms with Crippen molar-refractivity contribution in [1.82, 2.24) is 15.1 Å². The minimum Gasteiger partial charge on any atom is -0.491 e. The van der Waals surface area contributed by atoms with Crippen LogP contribution < -0.4 is 10.1 Å². The van der Waals surface area contributed by atoms with Gasteiger partial charge >= 0.3 is 0 Å². The van der Waals surface area contributed by atoms with Gasteiger partial charge in [0.1, 0.15) is 12.4 Å². The number of benzene rings is 1. The molecule has 1 aromatic carbocycles. The zero-order chi connectivity index (χ0) is 23.3. The monoisotopic (exact) mass is 455 g/mol. The molecule has 3 unspecified atom stereocenters. The van der Waals surface area contributed by atoms with E-state index in [0.717, 1.165) is 30.6 Å². The van der Waals surface area contributed by atoms with Gasteiger partial charge in [-0.1, -0.05) is 30.4 Å². The number of allylic oxidation sites excluding steroid dienone is 1. The molecule has 0 aliphatic carbocycles. The summed E-state index contributed by atoms with van der Waals surface area (Å²) in [6.45, 7) is 6.89. The number of hydrogen-bond donors (Lipinski definition) is 1. The Morgan fingerprint density at radius 1 is 1.15 bits per heavy atom. The van der Waals surface area contributed by atoms with Crippen molar-refractivity contribution in [3.05, 3.63) is 42.0 Å². The fourth-order valence-corrected chi connectivity index (χ4v) is 5.31. The molecule has 7 heteroatoms. The first-order chi connectivity index (χ1) is 16.0. The minimum atomic E-state index is -0.993. The quantitative estimate of drug-likeness (QED) is 0.694. The largest absolute Gasteiger partial charge is 0.491 e. The molecule has 1 aromatic rings. The van der Waals surface area contributed by atoms with Gasteiger partial charge in [0.2, 0.25) is 5.91 Å². The standard InChI is InChI=1S/C26H37N3O4/c1-20-8-7-9-21(2)29(20)24(30)18-28-15-17-33-26(19-28)13-6-5-11-22-10-3-4-12-23(22)32-16-14-27-25(26)31/h3-6,10,12,20-21H,7-9,11,13-19H2,1-2H3,(H,27,31)/b6-5+. The Labute approximate surface area is 197 Å². The zero-order valence-electron chi connectivity index (χ0n) is 19.9. The molecule has 33 heavy (non-hydrogen) atoms. The summed E-state index contributed by atoms with van der Waals surface area (Å²) in [6, 6.07) is 8.53. The zero-order valence-corrected chi connectivity index (χ0v) is 19.9. The van der Waals surface area contributed by atoms with Crippen molar-refractivity contribution in [1.29, 1.82) is 0 Å². The Kier molecular flexibility index (Phi) is 7.71. The van der Waals surface area contributed by atoms with Gasteiger partial charge in [-0.05, 0) is 51.2 Å². The number of piperidine rings is 1. The summed E-state index contributed by atoms with van der Waals surface area (Å²) in [5, 5.41) is 3.00. The smallest absolute Gasteiger partial charge is 0.254 e. The number of fused-ring (bicyclic) bond motifs is 1. The molecule has 3 heterocycles. The van der Waals surface area contributed by atoms with Gasteiger partial charge in [-0.25, -0.2) is 0 Å². The van der Waals surface area contributed by atoms with Crippen LogP contribution in [0.1, 0.15) is 45.1 Å². The number of morpholine rings is 1. The SMILES string of the molecule is CC1CCCC(C)N1C(=O)CN1CCOC2(C/C=C/Cc3ccccc3OCCNC2=O)C1. The first-order valence-electron chi connectivity index (χ1n) is 12.3. The van der Waals surface area contributed by atoms with E-state index in [1.165, 1.54) is 6.42 Å². The maximum absolute atomic E-state index is 13.2. The van der Waals surface area contributed by atoms with Crippen LogP contribution in [0.25, 0.3) is 0 Å². The van der Waals surface area contributed by atoms with E-state index in [4.69, 9.17) is 9.47 Å². The van der Waals surface area contributed by atoms with Gasteiger partial charge in [0.05, 0.1) is 19.7 Å². The maximum atomic E-state index is 13.2. The highest BCUT2D eigenvalue weighted by molar-refractivity contribution is 5.86. The molecular formula is C26H37N3O4. The lowest BCUT2D eigenvalue weighted by molar-refractivity contribution is -0.163. The second kappa shape index (κ2) is 10.7. The Balaban J connectivity index is 1.46. The number of hydrogen-bond acceptors (Lipinski definition) is 5. The van der Waals surface area contributed by atoms with Crippen molar-refractivity contribution < 1.29 is 19.1 Å². The van der Waals surface area contributed by atoms with E-state index in [0.29, 0.717) is 45.8 Å². The van der Waals surface area contributed by atoms with Gasteiger partial charge in [0, 0.05) is 31.6 Å². The average molecular weight is 456 g/mol. The predicted octanol–water partition coefficient (Wildman–Crippen LogP) is 2.54. The second-order valence-electron chi connectivity index (χ2n) is 9.58. The highest BCUT2D eigenvalue weighted by atomic mass is 16.5. The van der Waals surface area contributed by atoms with Crippen LogP contribution in [0.15, 0.2) is 36.4 Å². The van der Waals surface area contributed by atoms with E-state index in [-0.39, 0.29) is 23.9 Å². The maximum Gasteiger partial charge on any atom is 0.254 e. The molecule has 180 valence electrons. The lowest BCUT2D eigenvalue weighted by Gasteiger charge is -2.43. The molecular weight excluding hydrogens is 418 g/mol. The summed E-state index contributed by atoms with van der Waals surface area (Å²) in [4.78, 5) is 30.5. The van der Waals surface area contributed by atoms with Gasteiger partial charge in [0.15, 0.2) is 5.60 Å². The van der Waals surface area contributed by atoms with Crippen LogP contribution in [0, 0.1) is 0 Å². The lowest BCUT2D eigenvalue weighted by Crippen LogP contribution is -2.61. The number of carbonyl (C=O) groups is 2. The molecule has 3 aliphatic rings. The van der Waals surface area contributed by atoms with Crippen LogP contribution in [-0.4, -0.2) is 78.7 Å². The van der Waals surface area contributed by atoms with Crippen LogP contribution in [0.2, 0.25) is 0 Å². The van der Waals surface area contributed by atoms with Gasteiger partial charge in [-0.15, -0.1) is 0 Å². The molecule has 1 N–H and O–H groups in total. The van der Waals surface area contributed by atoms with E-state index in [1.54, 1.807) is 0 Å². The molecule has 4 rings (SSSR count). The summed E-state index contributed by atoms with van der Waals surface area (Å²) < 4.78 is 12.0. The van der Waals surface area contributed by atoms with Crippen LogP contribution in [0.4, 0.5) is 0 Å². The highest BCUT2D eigenvalue weighted by Crippen LogP contribution is 2.27. The van der Waals surface area contributed by atoms with Crippen molar-refractivity contribution >= 4 is 11.8 Å². The van der Waals surface area contributed by atoms with Gasteiger partial charge < -0.3 is 19.7 Å². The molecule has 1 spiro atoms. The lowest BCUT2D eigenvalue weighted by atomic mass is 9.94. The second-order valence-corrected chi connectivity index (χ2v) is 9.58. The Morgan fingerprint density at radius 3 is 2.76 bits per heavy atom. The molecule has 0 bridgehead atoms. The van der Waals surface area contributed by atoms with Crippen LogP contribution in [-0.2, 0) is 20.7 Å². The molecule has 3 atom stereocenters. The minimum absolute atomic E-state index is 0.138. The Bertz CT molecular complexity index is 863. The van der Waals surface area contributed by atoms with Crippen LogP contribution in [0.3, 0.4) is 0 Å². The van der Waals surface area contributed by atoms with Gasteiger partial charge in [0.25, 0.3) is 5.91 Å². The molecule has 2 saturated heterocycles. The van der Waals surface area contributed by atoms with Crippen molar-refractivity contribution in [2.75, 3.05) is 39.4 Å². The van der Waals surface area contributed by atoms with Crippen molar-refractivity contribution in [2.45, 2.75) is 63.6 Å². The third-order valence-electron chi connectivity index (χ3n) is 7.09. The van der Waals surface area contributed by atoms with E-state index in [9.17, 15) is 9.59 Å². The van der Waals surface area contributed by atoms with Crippen molar-refractivity contribution in [2.24, 2.45) is 0 Å². The average Bonchev–Trinajstić information content (AvgIpc) is 2.79. The van der Waals surface area contributed by atoms with Crippen LogP contribution >= 0.6 is 0 Å². The van der Waals surface area contributed by atoms with Crippen LogP contribution in [0.5, 0.6) is 5.75 Å². The Morgan fingerprint density at radius 2 is 1.94 bits per heavy atom. The molecule has 0 saturated carbocycles. The summed E-state index contributed by atoms with van der Waals surface area (Å²) in [7, 11) is 0. The third kappa shape index (κ3) is 5.58. The first kappa shape index (κ1) is 23.8. The number of rotatable bonds is 2. The third-order valence-corrected chi connectivity index (χ3v) is 7.09. The fourth-order valence-electron chi connectivity index (χ4n) is 5.31.